The molecular weight excluding hydrogens is 388 g/mol. The summed E-state index contributed by atoms with van der Waals surface area (Å²) in [6, 6.07) is 15.9. The molecule has 0 spiro atoms. The van der Waals surface area contributed by atoms with Gasteiger partial charge in [0.25, 0.3) is 17.7 Å². The molecule has 4 rings (SSSR count). The molecule has 0 bridgehead atoms. The maximum Gasteiger partial charge on any atom is 0.338 e. The summed E-state index contributed by atoms with van der Waals surface area (Å²) < 4.78 is 10.2. The Balaban J connectivity index is 1.34. The van der Waals surface area contributed by atoms with E-state index in [1.54, 1.807) is 42.5 Å². The topological polar surface area (TPSA) is 106 Å². The molecule has 0 aliphatic carbocycles. The lowest BCUT2D eigenvalue weighted by Gasteiger charge is -2.14. The molecule has 0 fully saturated rings. The Morgan fingerprint density at radius 1 is 0.933 bits per heavy atom. The van der Waals surface area contributed by atoms with Gasteiger partial charge in [0.05, 0.1) is 29.5 Å². The van der Waals surface area contributed by atoms with E-state index >= 15 is 0 Å². The highest BCUT2D eigenvalue weighted by Crippen LogP contribution is 2.22. The summed E-state index contributed by atoms with van der Waals surface area (Å²) in [6.45, 7) is -0.194. The van der Waals surface area contributed by atoms with Crippen LogP contribution >= 0.6 is 0 Å². The minimum absolute atomic E-state index is 0.0486. The predicted molar refractivity (Wildman–Crippen MR) is 105 cm³/mol. The van der Waals surface area contributed by atoms with Gasteiger partial charge in [-0.05, 0) is 42.5 Å². The van der Waals surface area contributed by atoms with Gasteiger partial charge in [-0.2, -0.15) is 0 Å². The molecule has 150 valence electrons. The summed E-state index contributed by atoms with van der Waals surface area (Å²) in [5.41, 5.74) is 1.29. The summed E-state index contributed by atoms with van der Waals surface area (Å²) in [5.74, 6) is -1.76. The summed E-state index contributed by atoms with van der Waals surface area (Å²) in [4.78, 5) is 50.0. The number of fused-ring (bicyclic) bond motifs is 1. The van der Waals surface area contributed by atoms with E-state index in [2.05, 4.69) is 5.32 Å². The van der Waals surface area contributed by atoms with Crippen LogP contribution in [0.25, 0.3) is 0 Å². The number of ether oxygens (including phenoxy) is 1. The van der Waals surface area contributed by atoms with E-state index in [9.17, 15) is 19.2 Å². The van der Waals surface area contributed by atoms with Crippen LogP contribution in [-0.2, 0) is 4.74 Å². The van der Waals surface area contributed by atoms with Crippen LogP contribution in [0, 0.1) is 0 Å². The number of anilines is 1. The smallest absolute Gasteiger partial charge is 0.338 e. The van der Waals surface area contributed by atoms with Crippen molar-refractivity contribution in [2.24, 2.45) is 0 Å². The van der Waals surface area contributed by atoms with Crippen LogP contribution in [-0.4, -0.2) is 41.7 Å². The summed E-state index contributed by atoms with van der Waals surface area (Å²) in [5, 5.41) is 2.62. The molecule has 0 radical (unpaired) electrons. The first-order valence-corrected chi connectivity index (χ1v) is 9.12. The number of amides is 3. The number of esters is 1. The molecule has 3 amide bonds. The molecule has 2 aromatic carbocycles. The average molecular weight is 404 g/mol. The van der Waals surface area contributed by atoms with Gasteiger partial charge in [-0.1, -0.05) is 18.2 Å². The van der Waals surface area contributed by atoms with Crippen LogP contribution in [0.1, 0.15) is 41.6 Å². The lowest BCUT2D eigenvalue weighted by atomic mass is 10.1. The van der Waals surface area contributed by atoms with E-state index in [-0.39, 0.29) is 24.5 Å². The van der Waals surface area contributed by atoms with Crippen molar-refractivity contribution in [1.29, 1.82) is 0 Å². The third-order valence-corrected chi connectivity index (χ3v) is 4.53. The minimum Gasteiger partial charge on any atom is -0.460 e. The Morgan fingerprint density at radius 2 is 1.67 bits per heavy atom. The molecule has 1 N–H and O–H groups in total. The number of hydrogen-bond donors (Lipinski definition) is 1. The Labute approximate surface area is 171 Å². The molecule has 1 aliphatic heterocycles. The highest BCUT2D eigenvalue weighted by molar-refractivity contribution is 6.21. The predicted octanol–water partition coefficient (Wildman–Crippen LogP) is 2.98. The fourth-order valence-corrected chi connectivity index (χ4v) is 3.08. The Morgan fingerprint density at radius 3 is 2.33 bits per heavy atom. The van der Waals surface area contributed by atoms with Gasteiger partial charge in [0, 0.05) is 5.69 Å². The highest BCUT2D eigenvalue weighted by Gasteiger charge is 2.34. The van der Waals surface area contributed by atoms with Crippen LogP contribution < -0.4 is 5.32 Å². The fraction of sp³-hybridized carbons (Fsp3) is 0.0909. The van der Waals surface area contributed by atoms with Crippen molar-refractivity contribution in [3.63, 3.8) is 0 Å². The second-order valence-electron chi connectivity index (χ2n) is 6.46. The maximum atomic E-state index is 12.3. The molecule has 1 aliphatic rings. The first-order valence-electron chi connectivity index (χ1n) is 9.12. The number of benzene rings is 2. The van der Waals surface area contributed by atoms with Crippen molar-refractivity contribution in [2.45, 2.75) is 0 Å². The number of carbonyl (C=O) groups is 4. The summed E-state index contributed by atoms with van der Waals surface area (Å²) in [7, 11) is 0. The average Bonchev–Trinajstić information content (AvgIpc) is 3.38. The Hall–Kier alpha value is -4.20. The standard InChI is InChI=1S/C22H16N2O6/c25-19(18-9-4-11-29-18)23-15-6-3-5-14(13-15)22(28)30-12-10-24-20(26)16-7-1-2-8-17(16)21(24)27/h1-9,11,13H,10,12H2,(H,23,25). The van der Waals surface area contributed by atoms with Crippen LogP contribution in [0.4, 0.5) is 5.69 Å². The van der Waals surface area contributed by atoms with Crippen molar-refractivity contribution >= 4 is 29.4 Å². The van der Waals surface area contributed by atoms with Gasteiger partial charge >= 0.3 is 5.97 Å². The van der Waals surface area contributed by atoms with E-state index in [0.717, 1.165) is 4.90 Å². The van der Waals surface area contributed by atoms with E-state index in [1.165, 1.54) is 24.5 Å². The van der Waals surface area contributed by atoms with Gasteiger partial charge in [-0.15, -0.1) is 0 Å². The highest BCUT2D eigenvalue weighted by atomic mass is 16.5. The van der Waals surface area contributed by atoms with Gasteiger partial charge in [0.1, 0.15) is 6.61 Å². The largest absolute Gasteiger partial charge is 0.460 e. The number of hydrogen-bond acceptors (Lipinski definition) is 6. The Kier molecular flexibility index (Phi) is 5.13. The van der Waals surface area contributed by atoms with Crippen molar-refractivity contribution in [3.05, 3.63) is 89.4 Å². The first-order chi connectivity index (χ1) is 14.5. The van der Waals surface area contributed by atoms with Crippen molar-refractivity contribution in [3.8, 4) is 0 Å². The van der Waals surface area contributed by atoms with Gasteiger partial charge in [-0.3, -0.25) is 19.3 Å². The molecular formula is C22H16N2O6. The van der Waals surface area contributed by atoms with Crippen LogP contribution in [0.5, 0.6) is 0 Å². The zero-order valence-corrected chi connectivity index (χ0v) is 15.7. The third kappa shape index (κ3) is 3.70. The van der Waals surface area contributed by atoms with E-state index in [4.69, 9.17) is 9.15 Å². The second-order valence-corrected chi connectivity index (χ2v) is 6.46. The quantitative estimate of drug-likeness (QED) is 0.500. The number of nitrogens with zero attached hydrogens (tertiary/aromatic N) is 1. The Bertz CT molecular complexity index is 1100. The summed E-state index contributed by atoms with van der Waals surface area (Å²) in [6.07, 6.45) is 1.39. The molecule has 0 atom stereocenters. The first kappa shape index (κ1) is 19.1. The molecule has 1 aromatic heterocycles. The maximum absolute atomic E-state index is 12.3. The number of rotatable bonds is 6. The van der Waals surface area contributed by atoms with Crippen LogP contribution in [0.3, 0.4) is 0 Å². The van der Waals surface area contributed by atoms with Gasteiger partial charge in [-0.25, -0.2) is 4.79 Å². The lowest BCUT2D eigenvalue weighted by molar-refractivity contribution is 0.0420. The number of nitrogens with one attached hydrogen (secondary N) is 1. The lowest BCUT2D eigenvalue weighted by Crippen LogP contribution is -2.33. The molecule has 8 heteroatoms. The molecule has 0 unspecified atom stereocenters. The van der Waals surface area contributed by atoms with Crippen LogP contribution in [0.2, 0.25) is 0 Å². The van der Waals surface area contributed by atoms with E-state index in [1.807, 2.05) is 0 Å². The normalized spacial score (nSPS) is 12.6. The van der Waals surface area contributed by atoms with Crippen molar-refractivity contribution in [2.75, 3.05) is 18.5 Å². The zero-order chi connectivity index (χ0) is 21.1. The van der Waals surface area contributed by atoms with Gasteiger partial charge in [0.15, 0.2) is 5.76 Å². The second kappa shape index (κ2) is 8.04. The third-order valence-electron chi connectivity index (χ3n) is 4.53. The number of imide groups is 1. The molecule has 8 nitrogen and oxygen atoms in total. The van der Waals surface area contributed by atoms with E-state index < -0.39 is 23.7 Å². The monoisotopic (exact) mass is 404 g/mol. The summed E-state index contributed by atoms with van der Waals surface area (Å²) >= 11 is 0. The molecule has 3 aromatic rings. The van der Waals surface area contributed by atoms with Gasteiger partial charge < -0.3 is 14.5 Å². The zero-order valence-electron chi connectivity index (χ0n) is 15.7. The van der Waals surface area contributed by atoms with Crippen molar-refractivity contribution < 1.29 is 28.3 Å². The molecule has 0 saturated heterocycles. The van der Waals surface area contributed by atoms with Crippen LogP contribution in [0.15, 0.2) is 71.3 Å². The number of furan rings is 1. The van der Waals surface area contributed by atoms with Crippen molar-refractivity contribution in [1.82, 2.24) is 4.90 Å². The minimum atomic E-state index is -0.638. The molecule has 30 heavy (non-hydrogen) atoms. The molecule has 0 saturated carbocycles. The fourth-order valence-electron chi connectivity index (χ4n) is 3.08. The van der Waals surface area contributed by atoms with Gasteiger partial charge in [0.2, 0.25) is 0 Å². The van der Waals surface area contributed by atoms with E-state index in [0.29, 0.717) is 16.8 Å². The molecule has 2 heterocycles. The SMILES string of the molecule is O=C(OCCN1C(=O)c2ccccc2C1=O)c1cccc(NC(=O)c2ccco2)c1. The number of carbonyl (C=O) groups excluding carboxylic acids is 4.